The summed E-state index contributed by atoms with van der Waals surface area (Å²) in [6, 6.07) is 7.97. The van der Waals surface area contributed by atoms with Gasteiger partial charge in [0.15, 0.2) is 0 Å². The van der Waals surface area contributed by atoms with Crippen molar-refractivity contribution in [2.75, 3.05) is 31.0 Å². The Morgan fingerprint density at radius 3 is 2.58 bits per heavy atom. The van der Waals surface area contributed by atoms with Crippen molar-refractivity contribution in [2.24, 2.45) is 7.05 Å². The SMILES string of the molecule is Cc1nc(-c2cc(S(=O)(=O)Nc3ccc(Cl)cc3)cn2C)sc1C(=O)N1CCOCC1. The molecule has 0 aliphatic carbocycles. The minimum atomic E-state index is -3.80. The molecule has 3 aromatic rings. The third-order valence-corrected chi connectivity index (χ3v) is 7.66. The van der Waals surface area contributed by atoms with Crippen LogP contribution >= 0.6 is 22.9 Å². The number of halogens is 1. The van der Waals surface area contributed by atoms with Crippen molar-refractivity contribution >= 4 is 44.6 Å². The Labute approximate surface area is 189 Å². The van der Waals surface area contributed by atoms with Crippen LogP contribution in [-0.4, -0.2) is 55.1 Å². The Hall–Kier alpha value is -2.40. The zero-order valence-corrected chi connectivity index (χ0v) is 19.4. The summed E-state index contributed by atoms with van der Waals surface area (Å²) in [6.07, 6.45) is 1.52. The van der Waals surface area contributed by atoms with Crippen molar-refractivity contribution in [2.45, 2.75) is 11.8 Å². The lowest BCUT2D eigenvalue weighted by atomic mass is 10.3. The van der Waals surface area contributed by atoms with Gasteiger partial charge in [0.25, 0.3) is 15.9 Å². The molecule has 0 saturated carbocycles. The van der Waals surface area contributed by atoms with Crippen molar-refractivity contribution in [1.29, 1.82) is 0 Å². The molecule has 1 saturated heterocycles. The summed E-state index contributed by atoms with van der Waals surface area (Å²) in [5.41, 5.74) is 1.66. The van der Waals surface area contributed by atoms with E-state index >= 15 is 0 Å². The van der Waals surface area contributed by atoms with Gasteiger partial charge in [0, 0.05) is 37.0 Å². The predicted octanol–water partition coefficient (Wildman–Crippen LogP) is 3.38. The van der Waals surface area contributed by atoms with Gasteiger partial charge in [-0.1, -0.05) is 11.6 Å². The number of hydrogen-bond donors (Lipinski definition) is 1. The highest BCUT2D eigenvalue weighted by Gasteiger charge is 2.25. The lowest BCUT2D eigenvalue weighted by Crippen LogP contribution is -2.40. The number of aryl methyl sites for hydroxylation is 2. The molecule has 1 amide bonds. The topological polar surface area (TPSA) is 93.5 Å². The molecule has 0 spiro atoms. The number of benzene rings is 1. The molecule has 1 aliphatic rings. The van der Waals surface area contributed by atoms with Crippen LogP contribution in [0.15, 0.2) is 41.4 Å². The van der Waals surface area contributed by atoms with E-state index < -0.39 is 10.0 Å². The van der Waals surface area contributed by atoms with Crippen LogP contribution in [0.25, 0.3) is 10.7 Å². The summed E-state index contributed by atoms with van der Waals surface area (Å²) < 4.78 is 35.2. The molecule has 8 nitrogen and oxygen atoms in total. The Bertz CT molecular complexity index is 1210. The number of carbonyl (C=O) groups is 1. The van der Waals surface area contributed by atoms with E-state index in [4.69, 9.17) is 16.3 Å². The minimum absolute atomic E-state index is 0.0731. The van der Waals surface area contributed by atoms with Crippen LogP contribution in [0.2, 0.25) is 5.02 Å². The van der Waals surface area contributed by atoms with E-state index in [1.54, 1.807) is 53.8 Å². The smallest absolute Gasteiger partial charge is 0.266 e. The number of rotatable bonds is 5. The highest BCUT2D eigenvalue weighted by atomic mass is 35.5. The van der Waals surface area contributed by atoms with Crippen LogP contribution in [0.4, 0.5) is 5.69 Å². The number of ether oxygens (including phenoxy) is 1. The first-order valence-electron chi connectivity index (χ1n) is 9.54. The molecule has 164 valence electrons. The normalized spacial score (nSPS) is 14.6. The Morgan fingerprint density at radius 1 is 1.23 bits per heavy atom. The molecule has 1 N–H and O–H groups in total. The summed E-state index contributed by atoms with van der Waals surface area (Å²) in [5.74, 6) is -0.0731. The first-order valence-corrected chi connectivity index (χ1v) is 12.2. The zero-order chi connectivity index (χ0) is 22.2. The quantitative estimate of drug-likeness (QED) is 0.604. The van der Waals surface area contributed by atoms with Gasteiger partial charge in [-0.05, 0) is 37.3 Å². The average molecular weight is 481 g/mol. The fraction of sp³-hybridized carbons (Fsp3) is 0.300. The van der Waals surface area contributed by atoms with Crippen molar-refractivity contribution < 1.29 is 17.9 Å². The second-order valence-corrected chi connectivity index (χ2v) is 10.2. The molecule has 2 aromatic heterocycles. The number of sulfonamides is 1. The van der Waals surface area contributed by atoms with Crippen LogP contribution < -0.4 is 4.72 Å². The summed E-state index contributed by atoms with van der Waals surface area (Å²) in [7, 11) is -2.05. The summed E-state index contributed by atoms with van der Waals surface area (Å²) in [5, 5.41) is 1.11. The van der Waals surface area contributed by atoms with Gasteiger partial charge in [-0.15, -0.1) is 11.3 Å². The molecule has 0 radical (unpaired) electrons. The predicted molar refractivity (Wildman–Crippen MR) is 120 cm³/mol. The number of amides is 1. The Balaban J connectivity index is 1.60. The summed E-state index contributed by atoms with van der Waals surface area (Å²) >= 11 is 7.12. The van der Waals surface area contributed by atoms with E-state index in [9.17, 15) is 13.2 Å². The van der Waals surface area contributed by atoms with Crippen LogP contribution in [-0.2, 0) is 21.8 Å². The second kappa shape index (κ2) is 8.62. The number of hydrogen-bond acceptors (Lipinski definition) is 6. The van der Waals surface area contributed by atoms with Gasteiger partial charge < -0.3 is 14.2 Å². The third-order valence-electron chi connectivity index (χ3n) is 4.89. The number of nitrogens with zero attached hydrogens (tertiary/aromatic N) is 3. The van der Waals surface area contributed by atoms with E-state index in [-0.39, 0.29) is 10.8 Å². The number of morpholine rings is 1. The van der Waals surface area contributed by atoms with Gasteiger partial charge in [-0.3, -0.25) is 9.52 Å². The van der Waals surface area contributed by atoms with Crippen molar-refractivity contribution in [3.63, 3.8) is 0 Å². The first kappa shape index (κ1) is 21.8. The second-order valence-electron chi connectivity index (χ2n) is 7.12. The van der Waals surface area contributed by atoms with Crippen LogP contribution in [0.5, 0.6) is 0 Å². The van der Waals surface area contributed by atoms with E-state index in [1.165, 1.54) is 17.5 Å². The molecule has 4 rings (SSSR count). The molecule has 0 bridgehead atoms. The van der Waals surface area contributed by atoms with Gasteiger partial charge in [0.2, 0.25) is 0 Å². The van der Waals surface area contributed by atoms with Crippen LogP contribution in [0.3, 0.4) is 0 Å². The lowest BCUT2D eigenvalue weighted by Gasteiger charge is -2.26. The van der Waals surface area contributed by atoms with E-state index in [2.05, 4.69) is 9.71 Å². The molecule has 1 aliphatic heterocycles. The van der Waals surface area contributed by atoms with Crippen LogP contribution in [0.1, 0.15) is 15.4 Å². The largest absolute Gasteiger partial charge is 0.378 e. The number of nitrogens with one attached hydrogen (secondary N) is 1. The van der Waals surface area contributed by atoms with E-state index in [1.807, 2.05) is 0 Å². The van der Waals surface area contributed by atoms with Gasteiger partial charge in [-0.25, -0.2) is 13.4 Å². The maximum absolute atomic E-state index is 12.9. The Morgan fingerprint density at radius 2 is 1.90 bits per heavy atom. The molecule has 0 atom stereocenters. The fourth-order valence-corrected chi connectivity index (χ4v) is 5.59. The van der Waals surface area contributed by atoms with Gasteiger partial charge in [-0.2, -0.15) is 0 Å². The van der Waals surface area contributed by atoms with Gasteiger partial charge in [0.1, 0.15) is 14.8 Å². The van der Waals surface area contributed by atoms with Crippen LogP contribution in [0, 0.1) is 6.92 Å². The van der Waals surface area contributed by atoms with Crippen molar-refractivity contribution in [1.82, 2.24) is 14.5 Å². The molecule has 11 heteroatoms. The number of anilines is 1. The molecular formula is C20H21ClN4O4S2. The highest BCUT2D eigenvalue weighted by molar-refractivity contribution is 7.92. The number of aromatic nitrogens is 2. The maximum Gasteiger partial charge on any atom is 0.266 e. The molecule has 31 heavy (non-hydrogen) atoms. The zero-order valence-electron chi connectivity index (χ0n) is 17.0. The standard InChI is InChI=1S/C20H21ClN4O4S2/c1-13-18(20(26)25-7-9-29-10-8-25)30-19(22-13)17-11-16(12-24(17)2)31(27,28)23-15-5-3-14(21)4-6-15/h3-6,11-12,23H,7-10H2,1-2H3. The fourth-order valence-electron chi connectivity index (χ4n) is 3.24. The summed E-state index contributed by atoms with van der Waals surface area (Å²) in [6.45, 7) is 3.94. The molecule has 1 aromatic carbocycles. The molecule has 3 heterocycles. The van der Waals surface area contributed by atoms with Gasteiger partial charge >= 0.3 is 0 Å². The maximum atomic E-state index is 12.9. The van der Waals surface area contributed by atoms with E-state index in [0.29, 0.717) is 58.3 Å². The van der Waals surface area contributed by atoms with Crippen molar-refractivity contribution in [3.8, 4) is 10.7 Å². The molecular weight excluding hydrogens is 460 g/mol. The lowest BCUT2D eigenvalue weighted by molar-refractivity contribution is 0.0305. The third kappa shape index (κ3) is 4.62. The highest BCUT2D eigenvalue weighted by Crippen LogP contribution is 2.31. The number of thiazole rings is 1. The first-order chi connectivity index (χ1) is 14.7. The minimum Gasteiger partial charge on any atom is -0.378 e. The summed E-state index contributed by atoms with van der Waals surface area (Å²) in [4.78, 5) is 19.8. The van der Waals surface area contributed by atoms with Gasteiger partial charge in [0.05, 0.1) is 24.6 Å². The average Bonchev–Trinajstić information content (AvgIpc) is 3.33. The molecule has 0 unspecified atom stereocenters. The van der Waals surface area contributed by atoms with E-state index in [0.717, 1.165) is 0 Å². The molecule has 1 fully saturated rings. The Kier molecular flexibility index (Phi) is 6.07. The van der Waals surface area contributed by atoms with Crippen molar-refractivity contribution in [3.05, 3.63) is 52.1 Å². The monoisotopic (exact) mass is 480 g/mol. The number of carbonyl (C=O) groups excluding carboxylic acids is 1.